The van der Waals surface area contributed by atoms with Crippen molar-refractivity contribution < 1.29 is 13.9 Å². The van der Waals surface area contributed by atoms with Gasteiger partial charge in [0.25, 0.3) is 0 Å². The molecule has 2 rings (SSSR count). The molecule has 98 valence electrons. The predicted octanol–water partition coefficient (Wildman–Crippen LogP) is 1.57. The molecule has 18 heavy (non-hydrogen) atoms. The molecule has 1 aromatic rings. The maximum atomic E-state index is 11.3. The highest BCUT2D eigenvalue weighted by Gasteiger charge is 2.15. The molecular weight excluding hydrogens is 248 g/mol. The minimum absolute atomic E-state index is 0.0643. The Hall–Kier alpha value is -0.635. The fraction of sp³-hybridized carbons (Fsp3) is 0.583. The summed E-state index contributed by atoms with van der Waals surface area (Å²) in [5.41, 5.74) is 0.697. The van der Waals surface area contributed by atoms with Crippen molar-refractivity contribution in [2.75, 3.05) is 26.3 Å². The summed E-state index contributed by atoms with van der Waals surface area (Å²) in [6, 6.07) is 1.85. The number of hydrogen-bond donors (Lipinski definition) is 0. The van der Waals surface area contributed by atoms with Gasteiger partial charge >= 0.3 is 0 Å². The largest absolute Gasteiger partial charge is 0.464 e. The number of aryl methyl sites for hydroxylation is 1. The van der Waals surface area contributed by atoms with Crippen LogP contribution in [-0.4, -0.2) is 44.6 Å². The van der Waals surface area contributed by atoms with Gasteiger partial charge in [-0.1, -0.05) is 0 Å². The van der Waals surface area contributed by atoms with E-state index < -0.39 is 0 Å². The predicted molar refractivity (Wildman–Crippen MR) is 75.0 cm³/mol. The van der Waals surface area contributed by atoms with Crippen molar-refractivity contribution in [3.8, 4) is 0 Å². The first-order chi connectivity index (χ1) is 8.66. The van der Waals surface area contributed by atoms with Gasteiger partial charge in [-0.2, -0.15) is 9.12 Å². The fourth-order valence-corrected chi connectivity index (χ4v) is 1.95. The Morgan fingerprint density at radius 3 is 2.56 bits per heavy atom. The Morgan fingerprint density at radius 2 is 2.06 bits per heavy atom. The molecular formula is C12H19BNO3P. The average Bonchev–Trinajstić information content (AvgIpc) is 2.74. The van der Waals surface area contributed by atoms with Crippen LogP contribution >= 0.6 is 9.12 Å². The molecule has 2 heterocycles. The van der Waals surface area contributed by atoms with Gasteiger partial charge in [-0.25, -0.2) is 0 Å². The van der Waals surface area contributed by atoms with Gasteiger partial charge in [0.2, 0.25) is 0 Å². The van der Waals surface area contributed by atoms with Crippen LogP contribution in [0.15, 0.2) is 10.5 Å². The molecule has 1 aromatic heterocycles. The molecule has 0 spiro atoms. The van der Waals surface area contributed by atoms with E-state index in [9.17, 15) is 4.79 Å². The van der Waals surface area contributed by atoms with E-state index in [4.69, 9.17) is 9.15 Å². The first-order valence-electron chi connectivity index (χ1n) is 5.90. The molecule has 1 aliphatic rings. The zero-order valence-corrected chi connectivity index (χ0v) is 12.1. The summed E-state index contributed by atoms with van der Waals surface area (Å²) >= 11 is 0. The van der Waals surface area contributed by atoms with Gasteiger partial charge in [0, 0.05) is 13.1 Å². The number of Topliss-reactive ketones (excluding diaryl/α,β-unsaturated/α-hetero) is 1. The zero-order chi connectivity index (χ0) is 13.5. The van der Waals surface area contributed by atoms with E-state index in [1.54, 1.807) is 6.92 Å². The van der Waals surface area contributed by atoms with Gasteiger partial charge in [0.05, 0.1) is 32.9 Å². The molecule has 0 bridgehead atoms. The SMILES string of the molecule is CC(=O)c1cc(CN2CCOCC2)oc1C.[B]P. The van der Waals surface area contributed by atoms with Crippen LogP contribution in [0.1, 0.15) is 28.8 Å². The Kier molecular flexibility index (Phi) is 6.62. The second-order valence-corrected chi connectivity index (χ2v) is 4.13. The van der Waals surface area contributed by atoms with Gasteiger partial charge in [-0.15, -0.1) is 0 Å². The second kappa shape index (κ2) is 7.72. The third-order valence-electron chi connectivity index (χ3n) is 2.83. The quantitative estimate of drug-likeness (QED) is 0.473. The standard InChI is InChI=1S/C12H17NO3.BH2P/c1-9(14)12-7-11(16-10(12)2)8-13-3-5-15-6-4-13;1-2/h7H,3-6,8H2,1-2H3;2H2. The molecule has 0 aliphatic carbocycles. The van der Waals surface area contributed by atoms with E-state index in [0.29, 0.717) is 5.56 Å². The number of morpholine rings is 1. The molecule has 0 aromatic carbocycles. The highest BCUT2D eigenvalue weighted by Crippen LogP contribution is 2.17. The monoisotopic (exact) mass is 267 g/mol. The van der Waals surface area contributed by atoms with Gasteiger partial charge in [0.1, 0.15) is 11.5 Å². The van der Waals surface area contributed by atoms with Gasteiger partial charge in [-0.3, -0.25) is 9.69 Å². The Bertz CT molecular complexity index is 389. The molecule has 1 fully saturated rings. The maximum Gasteiger partial charge on any atom is 0.163 e. The Morgan fingerprint density at radius 1 is 1.44 bits per heavy atom. The van der Waals surface area contributed by atoms with Crippen LogP contribution in [-0.2, 0) is 11.3 Å². The smallest absolute Gasteiger partial charge is 0.163 e. The second-order valence-electron chi connectivity index (χ2n) is 4.13. The molecule has 6 heteroatoms. The Labute approximate surface area is 112 Å². The molecule has 1 atom stereocenters. The highest BCUT2D eigenvalue weighted by atomic mass is 31.0. The van der Waals surface area contributed by atoms with Crippen molar-refractivity contribution in [1.82, 2.24) is 4.90 Å². The number of rotatable bonds is 3. The zero-order valence-electron chi connectivity index (χ0n) is 10.9. The normalized spacial score (nSPS) is 15.9. The van der Waals surface area contributed by atoms with Crippen molar-refractivity contribution in [2.24, 2.45) is 0 Å². The van der Waals surface area contributed by atoms with E-state index in [0.717, 1.165) is 44.4 Å². The third-order valence-corrected chi connectivity index (χ3v) is 2.83. The topological polar surface area (TPSA) is 42.7 Å². The lowest BCUT2D eigenvalue weighted by molar-refractivity contribution is 0.0312. The number of carbonyl (C=O) groups excluding carboxylic acids is 1. The first-order valence-corrected chi connectivity index (χ1v) is 6.57. The number of hydrogen-bond acceptors (Lipinski definition) is 4. The van der Waals surface area contributed by atoms with Crippen LogP contribution in [0.3, 0.4) is 0 Å². The molecule has 1 saturated heterocycles. The van der Waals surface area contributed by atoms with E-state index in [2.05, 4.69) is 12.5 Å². The Balaban J connectivity index is 0.000000771. The van der Waals surface area contributed by atoms with Crippen molar-refractivity contribution in [3.63, 3.8) is 0 Å². The van der Waals surface area contributed by atoms with Crippen LogP contribution in [0.4, 0.5) is 0 Å². The number of carbonyl (C=O) groups is 1. The van der Waals surface area contributed by atoms with Crippen molar-refractivity contribution in [2.45, 2.75) is 20.4 Å². The van der Waals surface area contributed by atoms with E-state index in [1.165, 1.54) is 0 Å². The van der Waals surface area contributed by atoms with Gasteiger partial charge in [0.15, 0.2) is 5.78 Å². The van der Waals surface area contributed by atoms with Crippen LogP contribution < -0.4 is 0 Å². The van der Waals surface area contributed by atoms with Gasteiger partial charge in [-0.05, 0) is 19.9 Å². The highest BCUT2D eigenvalue weighted by molar-refractivity contribution is 7.49. The summed E-state index contributed by atoms with van der Waals surface area (Å²) in [4.78, 5) is 13.5. The third kappa shape index (κ3) is 4.23. The van der Waals surface area contributed by atoms with E-state index in [-0.39, 0.29) is 5.78 Å². The average molecular weight is 267 g/mol. The molecule has 1 unspecified atom stereocenters. The summed E-state index contributed by atoms with van der Waals surface area (Å²) in [6.45, 7) is 7.57. The summed E-state index contributed by atoms with van der Waals surface area (Å²) in [5.74, 6) is 1.65. The van der Waals surface area contributed by atoms with E-state index >= 15 is 0 Å². The molecule has 2 radical (unpaired) electrons. The summed E-state index contributed by atoms with van der Waals surface area (Å²) < 4.78 is 10.9. The van der Waals surface area contributed by atoms with Crippen LogP contribution in [0.25, 0.3) is 0 Å². The summed E-state index contributed by atoms with van der Waals surface area (Å²) in [7, 11) is 6.33. The molecule has 4 nitrogen and oxygen atoms in total. The first kappa shape index (κ1) is 15.4. The fourth-order valence-electron chi connectivity index (χ4n) is 1.95. The molecule has 0 N–H and O–H groups in total. The summed E-state index contributed by atoms with van der Waals surface area (Å²) in [6.07, 6.45) is 0. The van der Waals surface area contributed by atoms with Crippen molar-refractivity contribution in [1.29, 1.82) is 0 Å². The molecule has 0 saturated carbocycles. The van der Waals surface area contributed by atoms with Gasteiger partial charge < -0.3 is 9.15 Å². The lowest BCUT2D eigenvalue weighted by Crippen LogP contribution is -2.35. The van der Waals surface area contributed by atoms with Crippen molar-refractivity contribution in [3.05, 3.63) is 23.2 Å². The minimum atomic E-state index is 0.0643. The maximum absolute atomic E-state index is 11.3. The van der Waals surface area contributed by atoms with Crippen LogP contribution in [0.5, 0.6) is 0 Å². The number of nitrogens with zero attached hydrogens (tertiary/aromatic N) is 1. The lowest BCUT2D eigenvalue weighted by atomic mass is 10.2. The van der Waals surface area contributed by atoms with Crippen LogP contribution in [0.2, 0.25) is 0 Å². The lowest BCUT2D eigenvalue weighted by Gasteiger charge is -2.25. The number of furan rings is 1. The van der Waals surface area contributed by atoms with Crippen molar-refractivity contribution >= 4 is 22.5 Å². The summed E-state index contributed by atoms with van der Waals surface area (Å²) in [5, 5.41) is 0. The number of ether oxygens (including phenoxy) is 1. The molecule has 1 aliphatic heterocycles. The van der Waals surface area contributed by atoms with E-state index in [1.807, 2.05) is 22.1 Å². The number of ketones is 1. The minimum Gasteiger partial charge on any atom is -0.464 e. The van der Waals surface area contributed by atoms with Crippen LogP contribution in [0, 0.1) is 6.92 Å². The molecule has 0 amide bonds.